The van der Waals surface area contributed by atoms with Gasteiger partial charge in [-0.15, -0.1) is 10.2 Å². The van der Waals surface area contributed by atoms with Crippen LogP contribution >= 0.6 is 11.6 Å². The van der Waals surface area contributed by atoms with Crippen molar-refractivity contribution in [1.29, 1.82) is 0 Å². The molecular formula is C15H13ClN6O3S. The third-order valence-electron chi connectivity index (χ3n) is 3.26. The highest BCUT2D eigenvalue weighted by molar-refractivity contribution is 7.92. The molecule has 0 fully saturated rings. The molecule has 11 heteroatoms. The number of sulfonamides is 1. The number of nitrogens with zero attached hydrogens (tertiary/aromatic N) is 4. The Labute approximate surface area is 154 Å². The van der Waals surface area contributed by atoms with Crippen LogP contribution in [0.15, 0.2) is 53.7 Å². The number of hydrogen-bond donors (Lipinski definition) is 2. The predicted molar refractivity (Wildman–Crippen MR) is 95.5 cm³/mol. The van der Waals surface area contributed by atoms with Crippen LogP contribution < -0.4 is 10.0 Å². The SMILES string of the molecule is Cn1cc(C(=O)Nc2ccc(S(=O)(=O)Nc3ccc(Cl)nn3)cc2)cn1. The van der Waals surface area contributed by atoms with Crippen molar-refractivity contribution >= 4 is 39.0 Å². The van der Waals surface area contributed by atoms with Crippen molar-refractivity contribution < 1.29 is 13.2 Å². The van der Waals surface area contributed by atoms with Gasteiger partial charge in [0.1, 0.15) is 0 Å². The summed E-state index contributed by atoms with van der Waals surface area (Å²) in [7, 11) is -2.14. The number of benzene rings is 1. The number of carbonyl (C=O) groups excluding carboxylic acids is 1. The van der Waals surface area contributed by atoms with Crippen molar-refractivity contribution in [1.82, 2.24) is 20.0 Å². The van der Waals surface area contributed by atoms with Crippen LogP contribution in [-0.4, -0.2) is 34.3 Å². The van der Waals surface area contributed by atoms with E-state index in [1.807, 2.05) is 0 Å². The van der Waals surface area contributed by atoms with E-state index in [9.17, 15) is 13.2 Å². The van der Waals surface area contributed by atoms with Crippen LogP contribution in [0.25, 0.3) is 0 Å². The number of aromatic nitrogens is 4. The van der Waals surface area contributed by atoms with E-state index in [1.54, 1.807) is 13.2 Å². The number of anilines is 2. The van der Waals surface area contributed by atoms with Gasteiger partial charge in [0.2, 0.25) is 0 Å². The average Bonchev–Trinajstić information content (AvgIpc) is 3.04. The molecule has 0 aliphatic carbocycles. The van der Waals surface area contributed by atoms with Gasteiger partial charge in [-0.25, -0.2) is 8.42 Å². The molecule has 2 aromatic heterocycles. The Morgan fingerprint density at radius 3 is 2.42 bits per heavy atom. The van der Waals surface area contributed by atoms with Gasteiger partial charge in [-0.2, -0.15) is 5.10 Å². The molecule has 1 amide bonds. The van der Waals surface area contributed by atoms with Gasteiger partial charge >= 0.3 is 0 Å². The normalized spacial score (nSPS) is 11.2. The zero-order chi connectivity index (χ0) is 18.7. The van der Waals surface area contributed by atoms with E-state index < -0.39 is 10.0 Å². The summed E-state index contributed by atoms with van der Waals surface area (Å²) < 4.78 is 28.5. The van der Waals surface area contributed by atoms with Gasteiger partial charge in [0.15, 0.2) is 11.0 Å². The Hall–Kier alpha value is -2.98. The quantitative estimate of drug-likeness (QED) is 0.684. The summed E-state index contributed by atoms with van der Waals surface area (Å²) in [5.41, 5.74) is 0.844. The van der Waals surface area contributed by atoms with Crippen LogP contribution in [-0.2, 0) is 17.1 Å². The summed E-state index contributed by atoms with van der Waals surface area (Å²) in [6.07, 6.45) is 3.01. The number of carbonyl (C=O) groups is 1. The highest BCUT2D eigenvalue weighted by atomic mass is 35.5. The summed E-state index contributed by atoms with van der Waals surface area (Å²) >= 11 is 5.61. The van der Waals surface area contributed by atoms with Crippen LogP contribution in [0.3, 0.4) is 0 Å². The lowest BCUT2D eigenvalue weighted by molar-refractivity contribution is 0.102. The largest absolute Gasteiger partial charge is 0.322 e. The van der Waals surface area contributed by atoms with Crippen molar-refractivity contribution in [3.05, 3.63) is 59.5 Å². The molecule has 0 bridgehead atoms. The molecule has 1 aromatic carbocycles. The molecule has 0 radical (unpaired) electrons. The smallest absolute Gasteiger partial charge is 0.263 e. The fraction of sp³-hybridized carbons (Fsp3) is 0.0667. The van der Waals surface area contributed by atoms with Crippen LogP contribution in [0, 0.1) is 0 Å². The van der Waals surface area contributed by atoms with Crippen LogP contribution in [0.1, 0.15) is 10.4 Å². The van der Waals surface area contributed by atoms with Crippen molar-refractivity contribution in [2.75, 3.05) is 10.0 Å². The molecule has 0 atom stereocenters. The van der Waals surface area contributed by atoms with E-state index in [4.69, 9.17) is 11.6 Å². The fourth-order valence-corrected chi connectivity index (χ4v) is 3.12. The zero-order valence-electron chi connectivity index (χ0n) is 13.4. The molecule has 3 aromatic rings. The Balaban J connectivity index is 1.71. The lowest BCUT2D eigenvalue weighted by Gasteiger charge is -2.08. The number of aryl methyl sites for hydroxylation is 1. The minimum Gasteiger partial charge on any atom is -0.322 e. The minimum atomic E-state index is -3.84. The Bertz CT molecular complexity index is 1030. The average molecular weight is 393 g/mol. The topological polar surface area (TPSA) is 119 Å². The third-order valence-corrected chi connectivity index (χ3v) is 4.83. The molecular weight excluding hydrogens is 380 g/mol. The summed E-state index contributed by atoms with van der Waals surface area (Å²) in [5.74, 6) is -0.299. The predicted octanol–water partition coefficient (Wildman–Crippen LogP) is 1.92. The second-order valence-corrected chi connectivity index (χ2v) is 7.30. The Morgan fingerprint density at radius 1 is 1.12 bits per heavy atom. The highest BCUT2D eigenvalue weighted by Crippen LogP contribution is 2.18. The maximum Gasteiger partial charge on any atom is 0.263 e. The number of nitrogens with one attached hydrogen (secondary N) is 2. The molecule has 0 saturated heterocycles. The highest BCUT2D eigenvalue weighted by Gasteiger charge is 2.15. The van der Waals surface area contributed by atoms with Gasteiger partial charge in [-0.1, -0.05) is 11.6 Å². The number of hydrogen-bond acceptors (Lipinski definition) is 6. The van der Waals surface area contributed by atoms with Crippen LogP contribution in [0.2, 0.25) is 5.15 Å². The van der Waals surface area contributed by atoms with Crippen molar-refractivity contribution in [3.63, 3.8) is 0 Å². The molecule has 0 unspecified atom stereocenters. The Morgan fingerprint density at radius 2 is 1.85 bits per heavy atom. The first-order valence-electron chi connectivity index (χ1n) is 7.25. The van der Waals surface area contributed by atoms with Gasteiger partial charge in [0, 0.05) is 18.9 Å². The van der Waals surface area contributed by atoms with E-state index >= 15 is 0 Å². The standard InChI is InChI=1S/C15H13ClN6O3S/c1-22-9-10(8-17-22)15(23)18-11-2-4-12(5-3-11)26(24,25)21-14-7-6-13(16)19-20-14/h2-9H,1H3,(H,18,23)(H,20,21). The molecule has 0 saturated carbocycles. The zero-order valence-corrected chi connectivity index (χ0v) is 15.0. The summed E-state index contributed by atoms with van der Waals surface area (Å²) in [4.78, 5) is 12.1. The first-order valence-corrected chi connectivity index (χ1v) is 9.12. The van der Waals surface area contributed by atoms with Gasteiger partial charge < -0.3 is 5.32 Å². The second-order valence-electron chi connectivity index (χ2n) is 5.23. The molecule has 0 aliphatic heterocycles. The van der Waals surface area contributed by atoms with Crippen molar-refractivity contribution in [2.24, 2.45) is 7.05 Å². The molecule has 9 nitrogen and oxygen atoms in total. The number of rotatable bonds is 5. The lowest BCUT2D eigenvalue weighted by atomic mass is 10.3. The molecule has 3 rings (SSSR count). The van der Waals surface area contributed by atoms with E-state index in [-0.39, 0.29) is 21.8 Å². The van der Waals surface area contributed by atoms with Gasteiger partial charge in [-0.3, -0.25) is 14.2 Å². The summed E-state index contributed by atoms with van der Waals surface area (Å²) in [6, 6.07) is 8.51. The van der Waals surface area contributed by atoms with Gasteiger partial charge in [0.05, 0.1) is 16.7 Å². The molecule has 0 aliphatic rings. The van der Waals surface area contributed by atoms with Crippen molar-refractivity contribution in [3.8, 4) is 0 Å². The Kier molecular flexibility index (Phi) is 4.87. The number of amides is 1. The number of halogens is 1. The van der Waals surface area contributed by atoms with E-state index in [0.717, 1.165) is 0 Å². The van der Waals surface area contributed by atoms with E-state index in [2.05, 4.69) is 25.3 Å². The first kappa shape index (κ1) is 17.8. The molecule has 2 N–H and O–H groups in total. The van der Waals surface area contributed by atoms with E-state index in [1.165, 1.54) is 47.3 Å². The van der Waals surface area contributed by atoms with Crippen LogP contribution in [0.5, 0.6) is 0 Å². The first-order chi connectivity index (χ1) is 12.3. The summed E-state index contributed by atoms with van der Waals surface area (Å²) in [6.45, 7) is 0. The monoisotopic (exact) mass is 392 g/mol. The van der Waals surface area contributed by atoms with Crippen molar-refractivity contribution in [2.45, 2.75) is 4.90 Å². The molecule has 134 valence electrons. The maximum absolute atomic E-state index is 12.3. The van der Waals surface area contributed by atoms with Gasteiger partial charge in [0.25, 0.3) is 15.9 Å². The maximum atomic E-state index is 12.3. The minimum absolute atomic E-state index is 0.00799. The molecule has 26 heavy (non-hydrogen) atoms. The van der Waals surface area contributed by atoms with Gasteiger partial charge in [-0.05, 0) is 36.4 Å². The molecule has 2 heterocycles. The third kappa shape index (κ3) is 4.16. The van der Waals surface area contributed by atoms with E-state index in [0.29, 0.717) is 11.3 Å². The van der Waals surface area contributed by atoms with Crippen LogP contribution in [0.4, 0.5) is 11.5 Å². The second kappa shape index (κ2) is 7.10. The molecule has 0 spiro atoms. The summed E-state index contributed by atoms with van der Waals surface area (Å²) in [5, 5.41) is 13.9. The lowest BCUT2D eigenvalue weighted by Crippen LogP contribution is -2.15. The fourth-order valence-electron chi connectivity index (χ4n) is 2.03.